The van der Waals surface area contributed by atoms with Crippen LogP contribution in [0.4, 0.5) is 0 Å². The summed E-state index contributed by atoms with van der Waals surface area (Å²) in [6.45, 7) is 14.6. The Hall–Kier alpha value is -0.450. The average Bonchev–Trinajstić information content (AvgIpc) is 2.74. The van der Waals surface area contributed by atoms with Gasteiger partial charge in [-0.1, -0.05) is 27.7 Å². The van der Waals surface area contributed by atoms with Gasteiger partial charge in [-0.2, -0.15) is 0 Å². The van der Waals surface area contributed by atoms with Crippen LogP contribution in [0.2, 0.25) is 0 Å². The normalized spacial score (nSPS) is 25.4. The van der Waals surface area contributed by atoms with Crippen LogP contribution in [-0.2, 0) is 6.54 Å². The molecule has 1 aliphatic rings. The fourth-order valence-electron chi connectivity index (χ4n) is 2.79. The van der Waals surface area contributed by atoms with E-state index in [4.69, 9.17) is 0 Å². The molecule has 1 aromatic heterocycles. The molecule has 19 heavy (non-hydrogen) atoms. The fourth-order valence-corrected chi connectivity index (χ4v) is 3.58. The minimum atomic E-state index is 0.607. The van der Waals surface area contributed by atoms with Crippen LogP contribution >= 0.6 is 11.3 Å². The molecule has 0 saturated carbocycles. The van der Waals surface area contributed by atoms with Gasteiger partial charge in [0.25, 0.3) is 0 Å². The minimum absolute atomic E-state index is 0.607. The van der Waals surface area contributed by atoms with Crippen LogP contribution in [-0.4, -0.2) is 35.1 Å². The third-order valence-corrected chi connectivity index (χ3v) is 5.02. The molecule has 1 fully saturated rings. The Bertz CT molecular complexity index is 400. The summed E-state index contributed by atoms with van der Waals surface area (Å²) in [6, 6.07) is 1.23. The van der Waals surface area contributed by atoms with Gasteiger partial charge in [0.1, 0.15) is 5.01 Å². The van der Waals surface area contributed by atoms with Crippen molar-refractivity contribution in [3.05, 3.63) is 16.1 Å². The second-order valence-electron chi connectivity index (χ2n) is 6.38. The number of aromatic nitrogens is 1. The number of nitrogens with zero attached hydrogens (tertiary/aromatic N) is 2. The van der Waals surface area contributed by atoms with Crippen molar-refractivity contribution in [1.29, 1.82) is 0 Å². The first kappa shape index (κ1) is 14.9. The molecule has 0 aliphatic carbocycles. The molecule has 2 unspecified atom stereocenters. The summed E-state index contributed by atoms with van der Waals surface area (Å²) in [5.74, 6) is 1.37. The van der Waals surface area contributed by atoms with E-state index in [1.54, 1.807) is 11.3 Å². The smallest absolute Gasteiger partial charge is 0.107 e. The lowest BCUT2D eigenvalue weighted by atomic mass is 9.94. The molecule has 108 valence electrons. The van der Waals surface area contributed by atoms with Crippen molar-refractivity contribution < 1.29 is 0 Å². The van der Waals surface area contributed by atoms with E-state index in [-0.39, 0.29) is 0 Å². The molecule has 0 radical (unpaired) electrons. The van der Waals surface area contributed by atoms with E-state index in [1.807, 2.05) is 0 Å². The molecular formula is C15H27N3S. The van der Waals surface area contributed by atoms with Crippen molar-refractivity contribution in [2.24, 2.45) is 11.8 Å². The molecule has 1 aliphatic heterocycles. The zero-order chi connectivity index (χ0) is 14.0. The summed E-state index contributed by atoms with van der Waals surface area (Å²) in [5, 5.41) is 7.12. The third kappa shape index (κ3) is 3.77. The zero-order valence-electron chi connectivity index (χ0n) is 12.8. The van der Waals surface area contributed by atoms with Crippen LogP contribution in [0, 0.1) is 18.8 Å². The van der Waals surface area contributed by atoms with Crippen LogP contribution in [0.1, 0.15) is 38.4 Å². The lowest BCUT2D eigenvalue weighted by molar-refractivity contribution is 0.0783. The number of nitrogens with one attached hydrogen (secondary N) is 1. The van der Waals surface area contributed by atoms with E-state index < -0.39 is 0 Å². The average molecular weight is 281 g/mol. The maximum atomic E-state index is 4.62. The predicted octanol–water partition coefficient (Wildman–Crippen LogP) is 2.91. The van der Waals surface area contributed by atoms with Crippen molar-refractivity contribution in [3.63, 3.8) is 0 Å². The highest BCUT2D eigenvalue weighted by Crippen LogP contribution is 2.22. The van der Waals surface area contributed by atoms with Gasteiger partial charge in [0.15, 0.2) is 0 Å². The van der Waals surface area contributed by atoms with Crippen LogP contribution in [0.25, 0.3) is 0 Å². The summed E-state index contributed by atoms with van der Waals surface area (Å²) in [5.41, 5.74) is 1.15. The standard InChI is InChI=1S/C15H27N3S/c1-10(2)13-7-18(14(6-16-13)11(3)4)8-15-17-12(5)9-19-15/h9-11,13-14,16H,6-8H2,1-5H3. The van der Waals surface area contributed by atoms with E-state index in [0.717, 1.165) is 25.3 Å². The van der Waals surface area contributed by atoms with Gasteiger partial charge in [-0.15, -0.1) is 11.3 Å². The fraction of sp³-hybridized carbons (Fsp3) is 0.800. The summed E-state index contributed by atoms with van der Waals surface area (Å²) in [7, 11) is 0. The lowest BCUT2D eigenvalue weighted by Gasteiger charge is -2.43. The maximum absolute atomic E-state index is 4.62. The Morgan fingerprint density at radius 3 is 2.63 bits per heavy atom. The van der Waals surface area contributed by atoms with Crippen LogP contribution in [0.3, 0.4) is 0 Å². The second-order valence-corrected chi connectivity index (χ2v) is 7.32. The summed E-state index contributed by atoms with van der Waals surface area (Å²) in [4.78, 5) is 7.25. The lowest BCUT2D eigenvalue weighted by Crippen LogP contribution is -2.59. The molecule has 1 N–H and O–H groups in total. The van der Waals surface area contributed by atoms with Gasteiger partial charge < -0.3 is 5.32 Å². The van der Waals surface area contributed by atoms with Crippen molar-refractivity contribution >= 4 is 11.3 Å². The summed E-state index contributed by atoms with van der Waals surface area (Å²) >= 11 is 1.79. The number of hydrogen-bond donors (Lipinski definition) is 1. The third-order valence-electron chi connectivity index (χ3n) is 4.07. The zero-order valence-corrected chi connectivity index (χ0v) is 13.6. The molecule has 2 rings (SSSR count). The largest absolute Gasteiger partial charge is 0.311 e. The number of rotatable bonds is 4. The van der Waals surface area contributed by atoms with Gasteiger partial charge >= 0.3 is 0 Å². The Kier molecular flexibility index (Phi) is 4.98. The van der Waals surface area contributed by atoms with Crippen molar-refractivity contribution in [1.82, 2.24) is 15.2 Å². The first-order chi connectivity index (χ1) is 8.97. The second kappa shape index (κ2) is 6.33. The quantitative estimate of drug-likeness (QED) is 0.920. The molecule has 2 heterocycles. The SMILES string of the molecule is Cc1csc(CN2CC(C(C)C)NCC2C(C)C)n1. The molecule has 1 saturated heterocycles. The van der Waals surface area contributed by atoms with E-state index >= 15 is 0 Å². The summed E-state index contributed by atoms with van der Waals surface area (Å²) in [6.07, 6.45) is 0. The van der Waals surface area contributed by atoms with E-state index in [2.05, 4.69) is 55.2 Å². The van der Waals surface area contributed by atoms with Gasteiger partial charge in [0, 0.05) is 36.2 Å². The van der Waals surface area contributed by atoms with Crippen molar-refractivity contribution in [3.8, 4) is 0 Å². The van der Waals surface area contributed by atoms with Gasteiger partial charge in [-0.25, -0.2) is 4.98 Å². The highest BCUT2D eigenvalue weighted by atomic mass is 32.1. The van der Waals surface area contributed by atoms with Crippen LogP contribution in [0.15, 0.2) is 5.38 Å². The molecule has 0 bridgehead atoms. The molecule has 1 aromatic rings. The molecule has 3 nitrogen and oxygen atoms in total. The number of hydrogen-bond acceptors (Lipinski definition) is 4. The Morgan fingerprint density at radius 1 is 1.37 bits per heavy atom. The van der Waals surface area contributed by atoms with Crippen molar-refractivity contribution in [2.75, 3.05) is 13.1 Å². The molecule has 2 atom stereocenters. The van der Waals surface area contributed by atoms with Crippen molar-refractivity contribution in [2.45, 2.75) is 53.2 Å². The summed E-state index contributed by atoms with van der Waals surface area (Å²) < 4.78 is 0. The van der Waals surface area contributed by atoms with Gasteiger partial charge in [0.05, 0.1) is 6.54 Å². The predicted molar refractivity (Wildman–Crippen MR) is 82.5 cm³/mol. The Balaban J connectivity index is 2.07. The van der Waals surface area contributed by atoms with Gasteiger partial charge in [-0.3, -0.25) is 4.90 Å². The van der Waals surface area contributed by atoms with E-state index in [1.165, 1.54) is 5.01 Å². The van der Waals surface area contributed by atoms with Crippen LogP contribution < -0.4 is 5.32 Å². The minimum Gasteiger partial charge on any atom is -0.311 e. The molecule has 0 spiro atoms. The highest BCUT2D eigenvalue weighted by molar-refractivity contribution is 7.09. The van der Waals surface area contributed by atoms with E-state index in [9.17, 15) is 0 Å². The molecule has 0 aromatic carbocycles. The first-order valence-electron chi connectivity index (χ1n) is 7.35. The van der Waals surface area contributed by atoms with Gasteiger partial charge in [0.2, 0.25) is 0 Å². The molecular weight excluding hydrogens is 254 g/mol. The molecule has 4 heteroatoms. The topological polar surface area (TPSA) is 28.2 Å². The highest BCUT2D eigenvalue weighted by Gasteiger charge is 2.31. The Morgan fingerprint density at radius 2 is 2.11 bits per heavy atom. The number of thiazole rings is 1. The maximum Gasteiger partial charge on any atom is 0.107 e. The Labute approximate surface area is 121 Å². The van der Waals surface area contributed by atoms with Crippen LogP contribution in [0.5, 0.6) is 0 Å². The van der Waals surface area contributed by atoms with Gasteiger partial charge in [-0.05, 0) is 18.8 Å². The number of aryl methyl sites for hydroxylation is 1. The van der Waals surface area contributed by atoms with E-state index in [0.29, 0.717) is 23.9 Å². The number of piperazine rings is 1. The monoisotopic (exact) mass is 281 g/mol. The molecule has 0 amide bonds. The first-order valence-corrected chi connectivity index (χ1v) is 8.23.